The van der Waals surface area contributed by atoms with Gasteiger partial charge >= 0.3 is 0 Å². The molecule has 0 bridgehead atoms. The minimum atomic E-state index is 0.199. The van der Waals surface area contributed by atoms with E-state index in [9.17, 15) is 0 Å². The molecule has 4 rings (SSSR count). The first-order valence-electron chi connectivity index (χ1n) is 11.3. The Bertz CT molecular complexity index is 626. The minimum absolute atomic E-state index is 0.199. The standard InChI is InChI=1S/C24H37ClN2/c1-4-5-19-13-15-27(17-19)23-12-14-24(16-18(23)2,26(3)22-10-11-22)20-6-8-21(25)9-7-20/h6-9,18-19,22-23H,4-5,10-17H2,1-3H3. The summed E-state index contributed by atoms with van der Waals surface area (Å²) in [6, 6.07) is 10.3. The molecule has 2 aliphatic carbocycles. The molecule has 1 aromatic carbocycles. The van der Waals surface area contributed by atoms with E-state index >= 15 is 0 Å². The molecule has 3 heteroatoms. The van der Waals surface area contributed by atoms with E-state index in [1.165, 1.54) is 70.0 Å². The van der Waals surface area contributed by atoms with Crippen LogP contribution >= 0.6 is 11.6 Å². The molecule has 0 spiro atoms. The highest BCUT2D eigenvalue weighted by Crippen LogP contribution is 2.49. The minimum Gasteiger partial charge on any atom is -0.300 e. The van der Waals surface area contributed by atoms with Crippen LogP contribution in [0.2, 0.25) is 5.02 Å². The Hall–Kier alpha value is -0.570. The van der Waals surface area contributed by atoms with Gasteiger partial charge in [0.05, 0.1) is 0 Å². The smallest absolute Gasteiger partial charge is 0.0464 e. The van der Waals surface area contributed by atoms with Crippen molar-refractivity contribution in [3.63, 3.8) is 0 Å². The molecule has 3 aliphatic rings. The van der Waals surface area contributed by atoms with E-state index < -0.39 is 0 Å². The van der Waals surface area contributed by atoms with Gasteiger partial charge in [-0.15, -0.1) is 0 Å². The molecule has 1 heterocycles. The zero-order valence-corrected chi connectivity index (χ0v) is 18.2. The van der Waals surface area contributed by atoms with E-state index in [1.807, 2.05) is 0 Å². The van der Waals surface area contributed by atoms with Crippen molar-refractivity contribution in [2.75, 3.05) is 20.1 Å². The fourth-order valence-electron chi connectivity index (χ4n) is 6.15. The molecule has 3 fully saturated rings. The van der Waals surface area contributed by atoms with Crippen LogP contribution in [0.5, 0.6) is 0 Å². The SMILES string of the molecule is CCCC1CCN(C2CCC(c3ccc(Cl)cc3)(N(C)C3CC3)CC2C)C1. The molecule has 27 heavy (non-hydrogen) atoms. The first kappa shape index (κ1) is 19.7. The van der Waals surface area contributed by atoms with E-state index in [1.54, 1.807) is 0 Å². The average Bonchev–Trinajstić information content (AvgIpc) is 3.41. The van der Waals surface area contributed by atoms with Gasteiger partial charge in [-0.3, -0.25) is 9.80 Å². The normalized spacial score (nSPS) is 35.1. The number of nitrogens with zero attached hydrogens (tertiary/aromatic N) is 2. The lowest BCUT2D eigenvalue weighted by Gasteiger charge is -2.51. The molecule has 1 saturated heterocycles. The summed E-state index contributed by atoms with van der Waals surface area (Å²) < 4.78 is 0. The monoisotopic (exact) mass is 388 g/mol. The van der Waals surface area contributed by atoms with Crippen molar-refractivity contribution in [1.82, 2.24) is 9.80 Å². The second kappa shape index (κ2) is 8.05. The van der Waals surface area contributed by atoms with Crippen molar-refractivity contribution >= 4 is 11.6 Å². The topological polar surface area (TPSA) is 6.48 Å². The van der Waals surface area contributed by atoms with Gasteiger partial charge in [0.25, 0.3) is 0 Å². The largest absolute Gasteiger partial charge is 0.300 e. The number of benzene rings is 1. The number of hydrogen-bond acceptors (Lipinski definition) is 2. The molecule has 0 N–H and O–H groups in total. The molecule has 0 amide bonds. The van der Waals surface area contributed by atoms with Gasteiger partial charge in [0.2, 0.25) is 0 Å². The Balaban J connectivity index is 1.52. The number of halogens is 1. The predicted octanol–water partition coefficient (Wildman–Crippen LogP) is 5.94. The number of likely N-dealkylation sites (tertiary alicyclic amines) is 1. The van der Waals surface area contributed by atoms with E-state index in [0.717, 1.165) is 28.9 Å². The molecular weight excluding hydrogens is 352 g/mol. The van der Waals surface area contributed by atoms with Crippen molar-refractivity contribution in [2.45, 2.75) is 82.8 Å². The highest BCUT2D eigenvalue weighted by molar-refractivity contribution is 6.30. The third-order valence-electron chi connectivity index (χ3n) is 7.80. The second-order valence-electron chi connectivity index (χ2n) is 9.61. The van der Waals surface area contributed by atoms with Crippen LogP contribution in [0.15, 0.2) is 24.3 Å². The van der Waals surface area contributed by atoms with Crippen LogP contribution in [0.25, 0.3) is 0 Å². The molecule has 1 aromatic rings. The van der Waals surface area contributed by atoms with Gasteiger partial charge in [-0.05, 0) is 88.1 Å². The van der Waals surface area contributed by atoms with Crippen molar-refractivity contribution in [1.29, 1.82) is 0 Å². The van der Waals surface area contributed by atoms with Gasteiger partial charge < -0.3 is 0 Å². The van der Waals surface area contributed by atoms with Gasteiger partial charge in [0, 0.05) is 29.2 Å². The summed E-state index contributed by atoms with van der Waals surface area (Å²) in [6.45, 7) is 7.52. The summed E-state index contributed by atoms with van der Waals surface area (Å²) in [5, 5.41) is 0.851. The molecule has 4 atom stereocenters. The van der Waals surface area contributed by atoms with Crippen molar-refractivity contribution in [3.05, 3.63) is 34.9 Å². The number of rotatable bonds is 6. The maximum Gasteiger partial charge on any atom is 0.0464 e. The van der Waals surface area contributed by atoms with Crippen LogP contribution in [0, 0.1) is 11.8 Å². The lowest BCUT2D eigenvalue weighted by molar-refractivity contribution is 0.00258. The van der Waals surface area contributed by atoms with Crippen molar-refractivity contribution in [3.8, 4) is 0 Å². The predicted molar refractivity (Wildman–Crippen MR) is 115 cm³/mol. The lowest BCUT2D eigenvalue weighted by Crippen LogP contribution is -2.53. The van der Waals surface area contributed by atoms with Gasteiger partial charge in [-0.25, -0.2) is 0 Å². The third kappa shape index (κ3) is 3.95. The first-order valence-corrected chi connectivity index (χ1v) is 11.6. The average molecular weight is 389 g/mol. The molecule has 1 aliphatic heterocycles. The van der Waals surface area contributed by atoms with Gasteiger partial charge in [-0.1, -0.05) is 44.0 Å². The summed E-state index contributed by atoms with van der Waals surface area (Å²) in [4.78, 5) is 5.57. The summed E-state index contributed by atoms with van der Waals surface area (Å²) in [5.74, 6) is 1.69. The molecular formula is C24H37ClN2. The maximum absolute atomic E-state index is 6.21. The highest BCUT2D eigenvalue weighted by atomic mass is 35.5. The lowest BCUT2D eigenvalue weighted by atomic mass is 9.69. The molecule has 2 nitrogen and oxygen atoms in total. The summed E-state index contributed by atoms with van der Waals surface area (Å²) >= 11 is 6.21. The molecule has 150 valence electrons. The van der Waals surface area contributed by atoms with Crippen LogP contribution in [0.4, 0.5) is 0 Å². The van der Waals surface area contributed by atoms with Gasteiger partial charge in [0.15, 0.2) is 0 Å². The second-order valence-corrected chi connectivity index (χ2v) is 10.0. The van der Waals surface area contributed by atoms with E-state index in [0.29, 0.717) is 0 Å². The fraction of sp³-hybridized carbons (Fsp3) is 0.750. The van der Waals surface area contributed by atoms with Crippen LogP contribution in [-0.4, -0.2) is 42.0 Å². The summed E-state index contributed by atoms with van der Waals surface area (Å²) in [7, 11) is 2.38. The van der Waals surface area contributed by atoms with Crippen LogP contribution in [-0.2, 0) is 5.54 Å². The Morgan fingerprint density at radius 3 is 2.52 bits per heavy atom. The quantitative estimate of drug-likeness (QED) is 0.594. The third-order valence-corrected chi connectivity index (χ3v) is 8.06. The van der Waals surface area contributed by atoms with Gasteiger partial charge in [-0.2, -0.15) is 0 Å². The maximum atomic E-state index is 6.21. The van der Waals surface area contributed by atoms with E-state index in [-0.39, 0.29) is 5.54 Å². The Morgan fingerprint density at radius 1 is 1.15 bits per heavy atom. The van der Waals surface area contributed by atoms with Crippen molar-refractivity contribution < 1.29 is 0 Å². The first-order chi connectivity index (χ1) is 13.0. The van der Waals surface area contributed by atoms with Crippen LogP contribution < -0.4 is 0 Å². The summed E-state index contributed by atoms with van der Waals surface area (Å²) in [5.41, 5.74) is 1.68. The Kier molecular flexibility index (Phi) is 5.88. The highest BCUT2D eigenvalue weighted by Gasteiger charge is 2.48. The molecule has 0 radical (unpaired) electrons. The molecule has 0 aromatic heterocycles. The number of hydrogen-bond donors (Lipinski definition) is 0. The zero-order valence-electron chi connectivity index (χ0n) is 17.5. The van der Waals surface area contributed by atoms with Crippen LogP contribution in [0.1, 0.15) is 70.8 Å². The fourth-order valence-corrected chi connectivity index (χ4v) is 6.28. The van der Waals surface area contributed by atoms with E-state index in [2.05, 4.69) is 55.0 Å². The summed E-state index contributed by atoms with van der Waals surface area (Å²) in [6.07, 6.45) is 10.8. The van der Waals surface area contributed by atoms with Gasteiger partial charge in [0.1, 0.15) is 0 Å². The van der Waals surface area contributed by atoms with Crippen LogP contribution in [0.3, 0.4) is 0 Å². The Labute approximate surface area is 171 Å². The Morgan fingerprint density at radius 2 is 1.89 bits per heavy atom. The molecule has 2 saturated carbocycles. The zero-order chi connectivity index (χ0) is 19.0. The van der Waals surface area contributed by atoms with Crippen molar-refractivity contribution in [2.24, 2.45) is 11.8 Å². The van der Waals surface area contributed by atoms with E-state index in [4.69, 9.17) is 11.6 Å². The molecule has 4 unspecified atom stereocenters.